The average molecular weight is 587 g/mol. The van der Waals surface area contributed by atoms with Crippen LogP contribution < -0.4 is 15.8 Å². The number of unbranched alkanes of at least 4 members (excludes halogenated alkanes) is 1. The highest BCUT2D eigenvalue weighted by molar-refractivity contribution is 5.94. The molecule has 0 bridgehead atoms. The van der Waals surface area contributed by atoms with Crippen molar-refractivity contribution in [2.75, 3.05) is 51.8 Å². The van der Waals surface area contributed by atoms with Gasteiger partial charge in [-0.1, -0.05) is 19.9 Å². The lowest BCUT2D eigenvalue weighted by atomic mass is 9.72. The molecule has 5 rings (SSSR count). The SMILES string of the molecule is CC.CN(C)CCCCN(C)C(=O)c1ccc(Cn2ncc3nc(N)nc(NCC4CC5(CC5)C4)c32)c(OC(F)F)c1. The van der Waals surface area contributed by atoms with Crippen molar-refractivity contribution in [1.82, 2.24) is 29.5 Å². The molecule has 0 unspecified atom stereocenters. The highest BCUT2D eigenvalue weighted by Crippen LogP contribution is 2.63. The van der Waals surface area contributed by atoms with E-state index in [1.807, 2.05) is 27.9 Å². The number of fused-ring (bicyclic) bond motifs is 1. The van der Waals surface area contributed by atoms with Crippen molar-refractivity contribution < 1.29 is 18.3 Å². The predicted octanol–water partition coefficient (Wildman–Crippen LogP) is 5.10. The van der Waals surface area contributed by atoms with Crippen molar-refractivity contribution in [2.45, 2.75) is 65.5 Å². The van der Waals surface area contributed by atoms with Gasteiger partial charge in [-0.25, -0.2) is 4.98 Å². The van der Waals surface area contributed by atoms with E-state index in [2.05, 4.69) is 25.3 Å². The molecule has 0 saturated heterocycles. The van der Waals surface area contributed by atoms with Crippen LogP contribution in [0.25, 0.3) is 11.0 Å². The second kappa shape index (κ2) is 13.6. The molecule has 2 saturated carbocycles. The Balaban J connectivity index is 0.00000198. The van der Waals surface area contributed by atoms with Gasteiger partial charge in [0.25, 0.3) is 5.91 Å². The number of carbonyl (C=O) groups excluding carboxylic acids is 1. The van der Waals surface area contributed by atoms with Gasteiger partial charge in [0.05, 0.1) is 12.7 Å². The average Bonchev–Trinajstić information content (AvgIpc) is 3.64. The molecule has 2 aromatic heterocycles. The third-order valence-electron chi connectivity index (χ3n) is 8.01. The number of hydrogen-bond acceptors (Lipinski definition) is 8. The van der Waals surface area contributed by atoms with Crippen molar-refractivity contribution in [1.29, 1.82) is 0 Å². The molecular formula is C30H44F2N8O2. The third-order valence-corrected chi connectivity index (χ3v) is 8.01. The van der Waals surface area contributed by atoms with E-state index in [-0.39, 0.29) is 29.7 Å². The number of anilines is 2. The van der Waals surface area contributed by atoms with E-state index in [0.717, 1.165) is 25.9 Å². The van der Waals surface area contributed by atoms with Gasteiger partial charge in [-0.2, -0.15) is 18.9 Å². The molecule has 2 aliphatic carbocycles. The van der Waals surface area contributed by atoms with E-state index < -0.39 is 6.61 Å². The van der Waals surface area contributed by atoms with Crippen LogP contribution in [-0.2, 0) is 6.54 Å². The second-order valence-corrected chi connectivity index (χ2v) is 11.6. The minimum absolute atomic E-state index is 0.0689. The summed E-state index contributed by atoms with van der Waals surface area (Å²) in [7, 11) is 5.72. The van der Waals surface area contributed by atoms with E-state index in [1.165, 1.54) is 31.7 Å². The Morgan fingerprint density at radius 3 is 2.55 bits per heavy atom. The van der Waals surface area contributed by atoms with Crippen LogP contribution in [0.5, 0.6) is 5.75 Å². The molecule has 3 N–H and O–H groups in total. The molecule has 10 nitrogen and oxygen atoms in total. The molecular weight excluding hydrogens is 542 g/mol. The molecule has 1 aromatic carbocycles. The van der Waals surface area contributed by atoms with Crippen molar-refractivity contribution in [3.05, 3.63) is 35.5 Å². The van der Waals surface area contributed by atoms with Gasteiger partial charge < -0.3 is 25.6 Å². The molecule has 2 aliphatic rings. The van der Waals surface area contributed by atoms with Crippen LogP contribution in [-0.4, -0.2) is 82.8 Å². The summed E-state index contributed by atoms with van der Waals surface area (Å²) in [5, 5.41) is 7.87. The molecule has 0 atom stereocenters. The number of hydrogen-bond donors (Lipinski definition) is 2. The summed E-state index contributed by atoms with van der Waals surface area (Å²) in [4.78, 5) is 25.4. The van der Waals surface area contributed by atoms with Crippen molar-refractivity contribution >= 4 is 28.7 Å². The minimum atomic E-state index is -3.04. The Labute approximate surface area is 246 Å². The lowest BCUT2D eigenvalue weighted by Gasteiger charge is -2.36. The maximum atomic E-state index is 13.4. The van der Waals surface area contributed by atoms with E-state index in [4.69, 9.17) is 10.5 Å². The highest BCUT2D eigenvalue weighted by Gasteiger charge is 2.52. The Hall–Kier alpha value is -3.54. The Bertz CT molecular complexity index is 1350. The lowest BCUT2D eigenvalue weighted by Crippen LogP contribution is -2.31. The normalized spacial score (nSPS) is 15.5. The summed E-state index contributed by atoms with van der Waals surface area (Å²) in [6.07, 6.45) is 8.51. The van der Waals surface area contributed by atoms with Gasteiger partial charge >= 0.3 is 6.61 Å². The summed E-state index contributed by atoms with van der Waals surface area (Å²) in [6.45, 7) is 3.35. The molecule has 2 heterocycles. The van der Waals surface area contributed by atoms with Crippen molar-refractivity contribution in [3.8, 4) is 5.75 Å². The summed E-state index contributed by atoms with van der Waals surface area (Å²) >= 11 is 0. The van der Waals surface area contributed by atoms with Crippen LogP contribution in [0.15, 0.2) is 24.4 Å². The number of nitrogens with one attached hydrogen (secondary N) is 1. The molecule has 1 amide bonds. The number of aromatic nitrogens is 4. The molecule has 2 fully saturated rings. The minimum Gasteiger partial charge on any atom is -0.434 e. The fraction of sp³-hybridized carbons (Fsp3) is 0.600. The number of halogens is 2. The maximum Gasteiger partial charge on any atom is 0.387 e. The van der Waals surface area contributed by atoms with Crippen LogP contribution in [0.2, 0.25) is 0 Å². The van der Waals surface area contributed by atoms with Gasteiger partial charge in [-0.05, 0) is 82.6 Å². The molecule has 230 valence electrons. The number of nitrogen functional groups attached to an aromatic ring is 1. The van der Waals surface area contributed by atoms with Gasteiger partial charge in [0.15, 0.2) is 5.82 Å². The monoisotopic (exact) mass is 586 g/mol. The first-order chi connectivity index (χ1) is 20.1. The fourth-order valence-corrected chi connectivity index (χ4v) is 5.68. The van der Waals surface area contributed by atoms with Crippen LogP contribution in [0.3, 0.4) is 0 Å². The van der Waals surface area contributed by atoms with Gasteiger partial charge in [-0.15, -0.1) is 0 Å². The van der Waals surface area contributed by atoms with Gasteiger partial charge in [0, 0.05) is 31.3 Å². The lowest BCUT2D eigenvalue weighted by molar-refractivity contribution is -0.0505. The third kappa shape index (κ3) is 7.64. The Morgan fingerprint density at radius 1 is 1.17 bits per heavy atom. The Morgan fingerprint density at radius 2 is 1.88 bits per heavy atom. The summed E-state index contributed by atoms with van der Waals surface area (Å²) in [6, 6.07) is 4.65. The molecule has 0 aliphatic heterocycles. The zero-order valence-electron chi connectivity index (χ0n) is 25.4. The predicted molar refractivity (Wildman–Crippen MR) is 161 cm³/mol. The quantitative estimate of drug-likeness (QED) is 0.266. The van der Waals surface area contributed by atoms with Gasteiger partial charge in [0.1, 0.15) is 16.8 Å². The van der Waals surface area contributed by atoms with Crippen LogP contribution in [0.4, 0.5) is 20.5 Å². The van der Waals surface area contributed by atoms with Crippen molar-refractivity contribution in [2.24, 2.45) is 11.3 Å². The first-order valence-corrected chi connectivity index (χ1v) is 14.8. The van der Waals surface area contributed by atoms with Gasteiger partial charge in [0.2, 0.25) is 5.95 Å². The number of benzene rings is 1. The fourth-order valence-electron chi connectivity index (χ4n) is 5.68. The molecule has 3 aromatic rings. The van der Waals surface area contributed by atoms with Gasteiger partial charge in [-0.3, -0.25) is 9.48 Å². The molecule has 0 radical (unpaired) electrons. The number of nitrogens with two attached hydrogens (primary N) is 1. The highest BCUT2D eigenvalue weighted by atomic mass is 19.3. The van der Waals surface area contributed by atoms with E-state index >= 15 is 0 Å². The summed E-state index contributed by atoms with van der Waals surface area (Å²) in [5.74, 6) is 0.973. The zero-order chi connectivity index (χ0) is 30.4. The van der Waals surface area contributed by atoms with E-state index in [1.54, 1.807) is 35.0 Å². The number of carbonyl (C=O) groups is 1. The second-order valence-electron chi connectivity index (χ2n) is 11.6. The van der Waals surface area contributed by atoms with Crippen LogP contribution in [0.1, 0.15) is 68.3 Å². The van der Waals surface area contributed by atoms with E-state index in [0.29, 0.717) is 40.3 Å². The number of alkyl halides is 2. The smallest absolute Gasteiger partial charge is 0.387 e. The first kappa shape index (κ1) is 31.4. The number of amides is 1. The summed E-state index contributed by atoms with van der Waals surface area (Å²) in [5.41, 5.74) is 8.48. The maximum absolute atomic E-state index is 13.4. The van der Waals surface area contributed by atoms with Crippen LogP contribution in [0, 0.1) is 11.3 Å². The number of ether oxygens (including phenoxy) is 1. The molecule has 1 spiro atoms. The largest absolute Gasteiger partial charge is 0.434 e. The number of rotatable bonds is 13. The Kier molecular flexibility index (Phi) is 10.2. The molecule has 12 heteroatoms. The standard InChI is InChI=1S/C28H38F2N8O2.C2H6/c1-36(2)10-4-5-11-37(3)25(39)19-6-7-20(22(12-19)40-26(29)30)17-38-23-21(16-33-38)34-27(31)35-24(23)32-15-18-13-28(14-18)8-9-28;1-2/h6-7,12,16,18,26H,4-5,8-11,13-15,17H2,1-3H3,(H3,31,32,34,35);1-2H3. The van der Waals surface area contributed by atoms with Crippen LogP contribution >= 0.6 is 0 Å². The zero-order valence-corrected chi connectivity index (χ0v) is 25.4. The van der Waals surface area contributed by atoms with E-state index in [9.17, 15) is 13.6 Å². The van der Waals surface area contributed by atoms with Crippen molar-refractivity contribution in [3.63, 3.8) is 0 Å². The first-order valence-electron chi connectivity index (χ1n) is 14.8. The number of nitrogens with zero attached hydrogens (tertiary/aromatic N) is 6. The molecule has 42 heavy (non-hydrogen) atoms. The summed E-state index contributed by atoms with van der Waals surface area (Å²) < 4.78 is 33.3. The topological polar surface area (TPSA) is 114 Å².